The lowest BCUT2D eigenvalue weighted by molar-refractivity contribution is 0.0364. The molecule has 0 aromatic carbocycles. The average molecular weight is 300 g/mol. The van der Waals surface area contributed by atoms with Gasteiger partial charge in [-0.2, -0.15) is 5.10 Å². The third kappa shape index (κ3) is 2.08. The van der Waals surface area contributed by atoms with Crippen LogP contribution in [-0.2, 0) is 11.3 Å². The Bertz CT molecular complexity index is 814. The van der Waals surface area contributed by atoms with E-state index >= 15 is 0 Å². The van der Waals surface area contributed by atoms with Crippen molar-refractivity contribution in [1.82, 2.24) is 29.0 Å². The van der Waals surface area contributed by atoms with Gasteiger partial charge in [0.25, 0.3) is 0 Å². The molecule has 1 aliphatic rings. The van der Waals surface area contributed by atoms with Crippen molar-refractivity contribution < 1.29 is 4.74 Å². The zero-order valence-corrected chi connectivity index (χ0v) is 13.0. The van der Waals surface area contributed by atoms with Gasteiger partial charge in [0.1, 0.15) is 18.3 Å². The first-order chi connectivity index (χ1) is 10.8. The molecule has 0 spiro atoms. The number of nitrogens with zero attached hydrogens (tertiary/aromatic N) is 6. The van der Waals surface area contributed by atoms with E-state index in [1.807, 2.05) is 0 Å². The summed E-state index contributed by atoms with van der Waals surface area (Å²) in [5.41, 5.74) is 4.38. The highest BCUT2D eigenvalue weighted by Crippen LogP contribution is 2.26. The topological polar surface area (TPSA) is 60.5 Å². The summed E-state index contributed by atoms with van der Waals surface area (Å²) in [6, 6.07) is 0. The molecule has 22 heavy (non-hydrogen) atoms. The lowest BCUT2D eigenvalue weighted by atomic mass is 10.2. The minimum absolute atomic E-state index is 0.836. The van der Waals surface area contributed by atoms with Gasteiger partial charge in [0.05, 0.1) is 18.6 Å². The molecule has 3 aromatic heterocycles. The van der Waals surface area contributed by atoms with Crippen LogP contribution in [0.25, 0.3) is 16.7 Å². The Kier molecular flexibility index (Phi) is 3.31. The van der Waals surface area contributed by atoms with Gasteiger partial charge in [-0.05, 0) is 19.4 Å². The Hall–Kier alpha value is -1.99. The van der Waals surface area contributed by atoms with Crippen LogP contribution in [0.1, 0.15) is 11.3 Å². The predicted molar refractivity (Wildman–Crippen MR) is 83.0 cm³/mol. The van der Waals surface area contributed by atoms with Crippen molar-refractivity contribution in [3.8, 4) is 0 Å². The standard InChI is InChI=1S/C15H20N6O/c1-11-12(2)20(4-3-19-5-7-22-8-6-19)14-13(11)15-16-9-18-21(15)10-17-14/h9-10H,3-8H2,1-2H3. The van der Waals surface area contributed by atoms with Crippen molar-refractivity contribution in [2.24, 2.45) is 0 Å². The smallest absolute Gasteiger partial charge is 0.168 e. The zero-order valence-electron chi connectivity index (χ0n) is 13.0. The Balaban J connectivity index is 1.72. The Morgan fingerprint density at radius 1 is 1.09 bits per heavy atom. The minimum atomic E-state index is 0.836. The average Bonchev–Trinajstić information content (AvgIpc) is 3.11. The van der Waals surface area contributed by atoms with Crippen LogP contribution >= 0.6 is 0 Å². The fourth-order valence-electron chi connectivity index (χ4n) is 3.21. The van der Waals surface area contributed by atoms with Gasteiger partial charge in [0, 0.05) is 31.9 Å². The fraction of sp³-hybridized carbons (Fsp3) is 0.533. The van der Waals surface area contributed by atoms with E-state index in [1.54, 1.807) is 17.2 Å². The van der Waals surface area contributed by atoms with Crippen LogP contribution in [0.4, 0.5) is 0 Å². The van der Waals surface area contributed by atoms with Crippen molar-refractivity contribution in [3.05, 3.63) is 23.9 Å². The van der Waals surface area contributed by atoms with Crippen molar-refractivity contribution in [3.63, 3.8) is 0 Å². The van der Waals surface area contributed by atoms with Gasteiger partial charge in [0.2, 0.25) is 0 Å². The largest absolute Gasteiger partial charge is 0.379 e. The quantitative estimate of drug-likeness (QED) is 0.723. The molecule has 7 nitrogen and oxygen atoms in total. The van der Waals surface area contributed by atoms with E-state index in [0.29, 0.717) is 0 Å². The number of hydrogen-bond acceptors (Lipinski definition) is 5. The van der Waals surface area contributed by atoms with Crippen LogP contribution in [-0.4, -0.2) is 61.9 Å². The van der Waals surface area contributed by atoms with Crippen LogP contribution in [0, 0.1) is 13.8 Å². The van der Waals surface area contributed by atoms with Gasteiger partial charge in [-0.15, -0.1) is 0 Å². The summed E-state index contributed by atoms with van der Waals surface area (Å²) in [4.78, 5) is 11.4. The SMILES string of the molecule is Cc1c(C)n(CCN2CCOCC2)c2ncn3ncnc3c12. The van der Waals surface area contributed by atoms with E-state index in [0.717, 1.165) is 56.1 Å². The van der Waals surface area contributed by atoms with Crippen molar-refractivity contribution in [2.75, 3.05) is 32.8 Å². The monoisotopic (exact) mass is 300 g/mol. The molecule has 0 bridgehead atoms. The molecule has 0 saturated carbocycles. The maximum absolute atomic E-state index is 5.41. The predicted octanol–water partition coefficient (Wildman–Crippen LogP) is 1.03. The summed E-state index contributed by atoms with van der Waals surface area (Å²) in [5, 5.41) is 5.29. The number of aryl methyl sites for hydroxylation is 1. The van der Waals surface area contributed by atoms with Gasteiger partial charge < -0.3 is 9.30 Å². The third-order valence-corrected chi connectivity index (χ3v) is 4.63. The third-order valence-electron chi connectivity index (χ3n) is 4.63. The number of hydrogen-bond donors (Lipinski definition) is 0. The van der Waals surface area contributed by atoms with Crippen LogP contribution in [0.15, 0.2) is 12.7 Å². The van der Waals surface area contributed by atoms with Gasteiger partial charge in [0.15, 0.2) is 5.65 Å². The Morgan fingerprint density at radius 3 is 2.73 bits per heavy atom. The molecule has 0 unspecified atom stereocenters. The van der Waals surface area contributed by atoms with E-state index in [9.17, 15) is 0 Å². The summed E-state index contributed by atoms with van der Waals surface area (Å²) in [6.45, 7) is 9.95. The second-order valence-electron chi connectivity index (χ2n) is 5.79. The van der Waals surface area contributed by atoms with Crippen molar-refractivity contribution in [1.29, 1.82) is 0 Å². The van der Waals surface area contributed by atoms with Crippen LogP contribution in [0.2, 0.25) is 0 Å². The fourth-order valence-corrected chi connectivity index (χ4v) is 3.21. The first-order valence-electron chi connectivity index (χ1n) is 7.69. The highest BCUT2D eigenvalue weighted by molar-refractivity contribution is 5.93. The highest BCUT2D eigenvalue weighted by Gasteiger charge is 2.17. The zero-order chi connectivity index (χ0) is 15.1. The van der Waals surface area contributed by atoms with Crippen LogP contribution in [0.3, 0.4) is 0 Å². The molecule has 4 rings (SSSR count). The normalized spacial score (nSPS) is 16.8. The number of ether oxygens (including phenoxy) is 1. The minimum Gasteiger partial charge on any atom is -0.379 e. The molecule has 4 heterocycles. The van der Waals surface area contributed by atoms with Crippen molar-refractivity contribution >= 4 is 16.7 Å². The second-order valence-corrected chi connectivity index (χ2v) is 5.79. The lowest BCUT2D eigenvalue weighted by Gasteiger charge is -2.26. The van der Waals surface area contributed by atoms with Crippen molar-refractivity contribution in [2.45, 2.75) is 20.4 Å². The summed E-state index contributed by atoms with van der Waals surface area (Å²) in [6.07, 6.45) is 3.32. The van der Waals surface area contributed by atoms with Gasteiger partial charge in [-0.1, -0.05) is 0 Å². The summed E-state index contributed by atoms with van der Waals surface area (Å²) in [5.74, 6) is 0. The first-order valence-corrected chi connectivity index (χ1v) is 7.69. The van der Waals surface area contributed by atoms with Gasteiger partial charge in [-0.25, -0.2) is 14.5 Å². The summed E-state index contributed by atoms with van der Waals surface area (Å²) >= 11 is 0. The highest BCUT2D eigenvalue weighted by atomic mass is 16.5. The number of aromatic nitrogens is 5. The molecule has 3 aromatic rings. The Labute approximate surface area is 128 Å². The molecule has 7 heteroatoms. The number of fused-ring (bicyclic) bond motifs is 3. The number of rotatable bonds is 3. The maximum atomic E-state index is 5.41. The molecule has 116 valence electrons. The molecular weight excluding hydrogens is 280 g/mol. The summed E-state index contributed by atoms with van der Waals surface area (Å²) < 4.78 is 9.45. The van der Waals surface area contributed by atoms with E-state index in [4.69, 9.17) is 4.74 Å². The van der Waals surface area contributed by atoms with E-state index in [2.05, 4.69) is 38.4 Å². The molecule has 1 aliphatic heterocycles. The van der Waals surface area contributed by atoms with Crippen LogP contribution < -0.4 is 0 Å². The van der Waals surface area contributed by atoms with E-state index < -0.39 is 0 Å². The van der Waals surface area contributed by atoms with Gasteiger partial charge in [-0.3, -0.25) is 4.90 Å². The lowest BCUT2D eigenvalue weighted by Crippen LogP contribution is -2.38. The maximum Gasteiger partial charge on any atom is 0.168 e. The van der Waals surface area contributed by atoms with Crippen LogP contribution in [0.5, 0.6) is 0 Å². The van der Waals surface area contributed by atoms with Gasteiger partial charge >= 0.3 is 0 Å². The van der Waals surface area contributed by atoms with E-state index in [1.165, 1.54) is 11.3 Å². The Morgan fingerprint density at radius 2 is 1.91 bits per heavy atom. The molecule has 1 saturated heterocycles. The number of morpholine rings is 1. The molecular formula is C15H20N6O. The molecule has 0 aliphatic carbocycles. The van der Waals surface area contributed by atoms with E-state index in [-0.39, 0.29) is 0 Å². The molecule has 0 amide bonds. The second kappa shape index (κ2) is 5.33. The molecule has 0 N–H and O–H groups in total. The molecule has 0 radical (unpaired) electrons. The molecule has 1 fully saturated rings. The molecule has 0 atom stereocenters. The first kappa shape index (κ1) is 13.7. The summed E-state index contributed by atoms with van der Waals surface area (Å²) in [7, 11) is 0.